The number of carbonyl (C=O) groups is 2. The zero-order chi connectivity index (χ0) is 15.7. The summed E-state index contributed by atoms with van der Waals surface area (Å²) in [6, 6.07) is 9.22. The second kappa shape index (κ2) is 8.95. The second-order valence-corrected chi connectivity index (χ2v) is 4.97. The van der Waals surface area contributed by atoms with E-state index in [9.17, 15) is 9.59 Å². The van der Waals surface area contributed by atoms with Gasteiger partial charge in [0.2, 0.25) is 11.8 Å². The van der Waals surface area contributed by atoms with E-state index in [1.54, 1.807) is 17.9 Å². The van der Waals surface area contributed by atoms with Gasteiger partial charge in [0.05, 0.1) is 0 Å². The molecular weight excluding hydrogens is 264 g/mol. The first-order chi connectivity index (χ1) is 10.1. The number of rotatable bonds is 8. The van der Waals surface area contributed by atoms with Gasteiger partial charge in [0.1, 0.15) is 6.04 Å². The molecule has 114 valence electrons. The van der Waals surface area contributed by atoms with E-state index < -0.39 is 6.04 Å². The SMILES string of the molecule is C=CCNC(=O)[C@H](C)N(Cc1ccccc1)C(=O)CCC. The number of hydrogen-bond acceptors (Lipinski definition) is 2. The highest BCUT2D eigenvalue weighted by Gasteiger charge is 2.24. The van der Waals surface area contributed by atoms with Crippen LogP contribution in [0.3, 0.4) is 0 Å². The summed E-state index contributed by atoms with van der Waals surface area (Å²) in [6.07, 6.45) is 2.84. The largest absolute Gasteiger partial charge is 0.351 e. The standard InChI is InChI=1S/C17H24N2O2/c1-4-9-16(20)19(13-15-10-7-6-8-11-15)14(3)17(21)18-12-5-2/h5-8,10-11,14H,2,4,9,12-13H2,1,3H3,(H,18,21)/t14-/m0/s1. The van der Waals surface area contributed by atoms with E-state index in [2.05, 4.69) is 11.9 Å². The molecule has 1 aromatic carbocycles. The molecule has 0 saturated carbocycles. The molecule has 21 heavy (non-hydrogen) atoms. The summed E-state index contributed by atoms with van der Waals surface area (Å²) in [7, 11) is 0. The van der Waals surface area contributed by atoms with Crippen LogP contribution in [0, 0.1) is 0 Å². The highest BCUT2D eigenvalue weighted by molar-refractivity contribution is 5.87. The van der Waals surface area contributed by atoms with E-state index in [0.717, 1.165) is 12.0 Å². The van der Waals surface area contributed by atoms with Crippen molar-refractivity contribution in [3.05, 3.63) is 48.6 Å². The lowest BCUT2D eigenvalue weighted by Crippen LogP contribution is -2.47. The molecule has 1 N–H and O–H groups in total. The van der Waals surface area contributed by atoms with Crippen molar-refractivity contribution in [1.82, 2.24) is 10.2 Å². The fourth-order valence-electron chi connectivity index (χ4n) is 2.04. The van der Waals surface area contributed by atoms with Crippen molar-refractivity contribution in [3.63, 3.8) is 0 Å². The molecule has 0 heterocycles. The van der Waals surface area contributed by atoms with Gasteiger partial charge in [-0.2, -0.15) is 0 Å². The van der Waals surface area contributed by atoms with E-state index in [1.165, 1.54) is 0 Å². The molecule has 0 aliphatic rings. The zero-order valence-electron chi connectivity index (χ0n) is 12.8. The van der Waals surface area contributed by atoms with Gasteiger partial charge in [-0.25, -0.2) is 0 Å². The molecule has 0 unspecified atom stereocenters. The third kappa shape index (κ3) is 5.42. The van der Waals surface area contributed by atoms with Crippen molar-refractivity contribution in [2.45, 2.75) is 39.3 Å². The van der Waals surface area contributed by atoms with E-state index in [1.807, 2.05) is 37.3 Å². The first kappa shape index (κ1) is 17.0. The summed E-state index contributed by atoms with van der Waals surface area (Å²) in [4.78, 5) is 26.0. The van der Waals surface area contributed by atoms with Crippen LogP contribution in [-0.4, -0.2) is 29.3 Å². The van der Waals surface area contributed by atoms with Gasteiger partial charge < -0.3 is 10.2 Å². The molecule has 4 heteroatoms. The maximum absolute atomic E-state index is 12.3. The minimum atomic E-state index is -0.496. The van der Waals surface area contributed by atoms with E-state index in [-0.39, 0.29) is 11.8 Å². The predicted molar refractivity (Wildman–Crippen MR) is 84.6 cm³/mol. The summed E-state index contributed by atoms with van der Waals surface area (Å²) in [5.74, 6) is -0.155. The Balaban J connectivity index is 2.83. The molecule has 1 atom stereocenters. The molecule has 0 aliphatic carbocycles. The second-order valence-electron chi connectivity index (χ2n) is 4.97. The van der Waals surface area contributed by atoms with Crippen molar-refractivity contribution >= 4 is 11.8 Å². The van der Waals surface area contributed by atoms with Gasteiger partial charge in [0.25, 0.3) is 0 Å². The van der Waals surface area contributed by atoms with Crippen LogP contribution in [0.15, 0.2) is 43.0 Å². The molecule has 0 aliphatic heterocycles. The van der Waals surface area contributed by atoms with Gasteiger partial charge in [0.15, 0.2) is 0 Å². The predicted octanol–water partition coefficient (Wildman–Crippen LogP) is 2.51. The first-order valence-corrected chi connectivity index (χ1v) is 7.32. The van der Waals surface area contributed by atoms with Crippen LogP contribution in [0.25, 0.3) is 0 Å². The molecule has 0 fully saturated rings. The van der Waals surface area contributed by atoms with Crippen molar-refractivity contribution in [2.75, 3.05) is 6.54 Å². The smallest absolute Gasteiger partial charge is 0.242 e. The topological polar surface area (TPSA) is 49.4 Å². The van der Waals surface area contributed by atoms with Gasteiger partial charge in [-0.3, -0.25) is 9.59 Å². The summed E-state index contributed by atoms with van der Waals surface area (Å²) in [6.45, 7) is 8.15. The van der Waals surface area contributed by atoms with Gasteiger partial charge in [-0.05, 0) is 18.9 Å². The van der Waals surface area contributed by atoms with E-state index in [0.29, 0.717) is 19.5 Å². The molecule has 2 amide bonds. The number of benzene rings is 1. The zero-order valence-corrected chi connectivity index (χ0v) is 12.8. The third-order valence-corrected chi connectivity index (χ3v) is 3.25. The molecule has 0 radical (unpaired) electrons. The highest BCUT2D eigenvalue weighted by Crippen LogP contribution is 2.11. The van der Waals surface area contributed by atoms with Gasteiger partial charge in [0, 0.05) is 19.5 Å². The Hall–Kier alpha value is -2.10. The molecule has 1 aromatic rings. The third-order valence-electron chi connectivity index (χ3n) is 3.25. The molecule has 0 saturated heterocycles. The number of nitrogens with one attached hydrogen (secondary N) is 1. The highest BCUT2D eigenvalue weighted by atomic mass is 16.2. The Kier molecular flexibility index (Phi) is 7.23. The van der Waals surface area contributed by atoms with Crippen LogP contribution in [-0.2, 0) is 16.1 Å². The monoisotopic (exact) mass is 288 g/mol. The fraction of sp³-hybridized carbons (Fsp3) is 0.412. The number of carbonyl (C=O) groups excluding carboxylic acids is 2. The minimum Gasteiger partial charge on any atom is -0.351 e. The normalized spacial score (nSPS) is 11.5. The van der Waals surface area contributed by atoms with Gasteiger partial charge in [-0.15, -0.1) is 6.58 Å². The summed E-state index contributed by atoms with van der Waals surface area (Å²) < 4.78 is 0. The number of nitrogens with zero attached hydrogens (tertiary/aromatic N) is 1. The molecule has 0 aromatic heterocycles. The lowest BCUT2D eigenvalue weighted by molar-refractivity contribution is -0.140. The Morgan fingerprint density at radius 1 is 1.33 bits per heavy atom. The maximum Gasteiger partial charge on any atom is 0.242 e. The lowest BCUT2D eigenvalue weighted by Gasteiger charge is -2.28. The average molecular weight is 288 g/mol. The van der Waals surface area contributed by atoms with Crippen LogP contribution >= 0.6 is 0 Å². The fourth-order valence-corrected chi connectivity index (χ4v) is 2.04. The van der Waals surface area contributed by atoms with Gasteiger partial charge in [-0.1, -0.05) is 43.3 Å². The van der Waals surface area contributed by atoms with E-state index >= 15 is 0 Å². The Bertz CT molecular complexity index is 471. The van der Waals surface area contributed by atoms with Crippen molar-refractivity contribution < 1.29 is 9.59 Å². The maximum atomic E-state index is 12.3. The van der Waals surface area contributed by atoms with Crippen LogP contribution < -0.4 is 5.32 Å². The molecule has 4 nitrogen and oxygen atoms in total. The first-order valence-electron chi connectivity index (χ1n) is 7.32. The Morgan fingerprint density at radius 2 is 2.00 bits per heavy atom. The number of amides is 2. The van der Waals surface area contributed by atoms with E-state index in [4.69, 9.17) is 0 Å². The van der Waals surface area contributed by atoms with Crippen LogP contribution in [0.2, 0.25) is 0 Å². The molecule has 0 bridgehead atoms. The van der Waals surface area contributed by atoms with Crippen molar-refractivity contribution in [1.29, 1.82) is 0 Å². The van der Waals surface area contributed by atoms with Crippen LogP contribution in [0.4, 0.5) is 0 Å². The quantitative estimate of drug-likeness (QED) is 0.747. The molecule has 0 spiro atoms. The summed E-state index contributed by atoms with van der Waals surface area (Å²) in [5, 5.41) is 2.74. The summed E-state index contributed by atoms with van der Waals surface area (Å²) in [5.41, 5.74) is 1.02. The Morgan fingerprint density at radius 3 is 2.57 bits per heavy atom. The van der Waals surface area contributed by atoms with Gasteiger partial charge >= 0.3 is 0 Å². The average Bonchev–Trinajstić information content (AvgIpc) is 2.50. The van der Waals surface area contributed by atoms with Crippen LogP contribution in [0.1, 0.15) is 32.3 Å². The van der Waals surface area contributed by atoms with Crippen molar-refractivity contribution in [3.8, 4) is 0 Å². The Labute approximate surface area is 126 Å². The summed E-state index contributed by atoms with van der Waals surface area (Å²) >= 11 is 0. The molecular formula is C17H24N2O2. The minimum absolute atomic E-state index is 0.00241. The lowest BCUT2D eigenvalue weighted by atomic mass is 10.1. The molecule has 1 rings (SSSR count). The van der Waals surface area contributed by atoms with Crippen LogP contribution in [0.5, 0.6) is 0 Å². The number of hydrogen-bond donors (Lipinski definition) is 1. The van der Waals surface area contributed by atoms with Crippen molar-refractivity contribution in [2.24, 2.45) is 0 Å².